The number of nitrogens with one attached hydrogen (secondary N) is 1. The Bertz CT molecular complexity index is 277. The molecule has 0 spiro atoms. The van der Waals surface area contributed by atoms with Crippen molar-refractivity contribution in [2.75, 3.05) is 6.54 Å². The van der Waals surface area contributed by atoms with Crippen molar-refractivity contribution in [2.45, 2.75) is 59.8 Å². The molecule has 0 heterocycles. The molecule has 0 aliphatic rings. The van der Waals surface area contributed by atoms with Gasteiger partial charge in [-0.3, -0.25) is 4.79 Å². The minimum absolute atomic E-state index is 0.0234. The first-order valence-corrected chi connectivity index (χ1v) is 7.84. The summed E-state index contributed by atoms with van der Waals surface area (Å²) < 4.78 is 0. The van der Waals surface area contributed by atoms with E-state index >= 15 is 0 Å². The fourth-order valence-corrected chi connectivity index (χ4v) is 2.49. The van der Waals surface area contributed by atoms with Gasteiger partial charge in [0.15, 0.2) is 0 Å². The normalized spacial score (nSPS) is 12.7. The highest BCUT2D eigenvalue weighted by molar-refractivity contribution is 7.80. The van der Waals surface area contributed by atoms with Gasteiger partial charge < -0.3 is 11.1 Å². The summed E-state index contributed by atoms with van der Waals surface area (Å²) in [6, 6.07) is 0. The predicted molar refractivity (Wildman–Crippen MR) is 86.0 cm³/mol. The van der Waals surface area contributed by atoms with Crippen LogP contribution < -0.4 is 11.1 Å². The van der Waals surface area contributed by atoms with Crippen molar-refractivity contribution in [3.05, 3.63) is 0 Å². The lowest BCUT2D eigenvalue weighted by Gasteiger charge is -2.18. The van der Waals surface area contributed by atoms with Crippen LogP contribution in [0.1, 0.15) is 59.8 Å². The highest BCUT2D eigenvalue weighted by atomic mass is 32.1. The lowest BCUT2D eigenvalue weighted by molar-refractivity contribution is -0.123. The van der Waals surface area contributed by atoms with E-state index in [0.29, 0.717) is 4.99 Å². The van der Waals surface area contributed by atoms with E-state index in [1.165, 1.54) is 25.7 Å². The van der Waals surface area contributed by atoms with Gasteiger partial charge in [0.05, 0.1) is 10.9 Å². The molecule has 1 amide bonds. The molecule has 0 aromatic rings. The Morgan fingerprint density at radius 1 is 1.11 bits per heavy atom. The molecule has 0 rings (SSSR count). The average Bonchev–Trinajstić information content (AvgIpc) is 2.26. The van der Waals surface area contributed by atoms with Crippen LogP contribution in [0.25, 0.3) is 0 Å². The summed E-state index contributed by atoms with van der Waals surface area (Å²) in [6.07, 6.45) is 6.03. The minimum Gasteiger partial charge on any atom is -0.393 e. The maximum absolute atomic E-state index is 11.9. The summed E-state index contributed by atoms with van der Waals surface area (Å²) in [5.74, 6) is 0.584. The third-order valence-corrected chi connectivity index (χ3v) is 3.52. The molecule has 0 radical (unpaired) electrons. The Morgan fingerprint density at radius 3 is 2.16 bits per heavy atom. The number of hydrogen-bond acceptors (Lipinski definition) is 2. The Labute approximate surface area is 123 Å². The van der Waals surface area contributed by atoms with E-state index in [4.69, 9.17) is 18.0 Å². The molecule has 3 nitrogen and oxygen atoms in total. The standard InChI is InChI=1S/C15H30N2OS/c1-11(2)9-7-5-6-8-10-17-15(18)13(12(3)4)14(16)19/h11-13H,5-10H2,1-4H3,(H2,16,19)(H,17,18). The molecule has 0 aliphatic carbocycles. The molecular formula is C15H30N2OS. The van der Waals surface area contributed by atoms with Crippen molar-refractivity contribution in [1.29, 1.82) is 0 Å². The van der Waals surface area contributed by atoms with Crippen LogP contribution in [0.4, 0.5) is 0 Å². The highest BCUT2D eigenvalue weighted by Crippen LogP contribution is 2.12. The molecule has 1 unspecified atom stereocenters. The zero-order valence-corrected chi connectivity index (χ0v) is 13.7. The second-order valence-electron chi connectivity index (χ2n) is 6.01. The van der Waals surface area contributed by atoms with Gasteiger partial charge in [0.2, 0.25) is 5.91 Å². The van der Waals surface area contributed by atoms with E-state index in [9.17, 15) is 4.79 Å². The fraction of sp³-hybridized carbons (Fsp3) is 0.867. The average molecular weight is 286 g/mol. The first-order valence-electron chi connectivity index (χ1n) is 7.43. The van der Waals surface area contributed by atoms with E-state index in [1.54, 1.807) is 0 Å². The summed E-state index contributed by atoms with van der Waals surface area (Å²) in [4.78, 5) is 12.2. The van der Waals surface area contributed by atoms with Crippen LogP contribution in [0.2, 0.25) is 0 Å². The van der Waals surface area contributed by atoms with Crippen molar-refractivity contribution in [3.63, 3.8) is 0 Å². The van der Waals surface area contributed by atoms with Gasteiger partial charge in [-0.05, 0) is 18.3 Å². The molecule has 0 fully saturated rings. The number of thiocarbonyl (C=S) groups is 1. The largest absolute Gasteiger partial charge is 0.393 e. The maximum atomic E-state index is 11.9. The van der Waals surface area contributed by atoms with Gasteiger partial charge >= 0.3 is 0 Å². The van der Waals surface area contributed by atoms with Crippen molar-refractivity contribution in [3.8, 4) is 0 Å². The Kier molecular flexibility index (Phi) is 9.84. The van der Waals surface area contributed by atoms with E-state index in [-0.39, 0.29) is 17.7 Å². The van der Waals surface area contributed by atoms with Crippen molar-refractivity contribution < 1.29 is 4.79 Å². The fourth-order valence-electron chi connectivity index (χ4n) is 2.11. The highest BCUT2D eigenvalue weighted by Gasteiger charge is 2.24. The molecule has 0 aromatic carbocycles. The van der Waals surface area contributed by atoms with Crippen molar-refractivity contribution >= 4 is 23.1 Å². The van der Waals surface area contributed by atoms with Crippen molar-refractivity contribution in [2.24, 2.45) is 23.5 Å². The molecule has 3 N–H and O–H groups in total. The second kappa shape index (κ2) is 10.2. The van der Waals surface area contributed by atoms with Crippen LogP contribution in [0.15, 0.2) is 0 Å². The summed E-state index contributed by atoms with van der Waals surface area (Å²) in [5.41, 5.74) is 5.61. The molecule has 19 heavy (non-hydrogen) atoms. The predicted octanol–water partition coefficient (Wildman–Crippen LogP) is 3.27. The van der Waals surface area contributed by atoms with Gasteiger partial charge in [-0.25, -0.2) is 0 Å². The quantitative estimate of drug-likeness (QED) is 0.479. The van der Waals surface area contributed by atoms with Gasteiger partial charge in [0.1, 0.15) is 0 Å². The third-order valence-electron chi connectivity index (χ3n) is 3.26. The third kappa shape index (κ3) is 8.98. The van der Waals surface area contributed by atoms with Crippen LogP contribution >= 0.6 is 12.2 Å². The van der Waals surface area contributed by atoms with Crippen molar-refractivity contribution in [1.82, 2.24) is 5.32 Å². The zero-order valence-electron chi connectivity index (χ0n) is 12.9. The van der Waals surface area contributed by atoms with Crippen LogP contribution in [-0.2, 0) is 4.79 Å². The van der Waals surface area contributed by atoms with Crippen LogP contribution in [-0.4, -0.2) is 17.4 Å². The molecule has 1 atom stereocenters. The Morgan fingerprint density at radius 2 is 1.68 bits per heavy atom. The van der Waals surface area contributed by atoms with Gasteiger partial charge in [-0.15, -0.1) is 0 Å². The van der Waals surface area contributed by atoms with E-state index in [1.807, 2.05) is 13.8 Å². The minimum atomic E-state index is -0.337. The van der Waals surface area contributed by atoms with E-state index in [2.05, 4.69) is 19.2 Å². The van der Waals surface area contributed by atoms with Crippen LogP contribution in [0.3, 0.4) is 0 Å². The number of unbranched alkanes of at least 4 members (excludes halogenated alkanes) is 3. The molecule has 112 valence electrons. The lowest BCUT2D eigenvalue weighted by atomic mass is 9.95. The zero-order chi connectivity index (χ0) is 14.8. The van der Waals surface area contributed by atoms with Crippen LogP contribution in [0.5, 0.6) is 0 Å². The lowest BCUT2D eigenvalue weighted by Crippen LogP contribution is -2.41. The van der Waals surface area contributed by atoms with Gasteiger partial charge in [0, 0.05) is 6.54 Å². The Hall–Kier alpha value is -0.640. The van der Waals surface area contributed by atoms with Crippen LogP contribution in [0, 0.1) is 17.8 Å². The smallest absolute Gasteiger partial charge is 0.230 e. The first kappa shape index (κ1) is 18.4. The number of rotatable bonds is 10. The number of hydrogen-bond donors (Lipinski definition) is 2. The molecule has 0 saturated heterocycles. The molecular weight excluding hydrogens is 256 g/mol. The molecule has 0 saturated carbocycles. The van der Waals surface area contributed by atoms with E-state index in [0.717, 1.165) is 18.9 Å². The monoisotopic (exact) mass is 286 g/mol. The Balaban J connectivity index is 3.71. The van der Waals surface area contributed by atoms with Gasteiger partial charge in [-0.1, -0.05) is 65.6 Å². The molecule has 0 aromatic heterocycles. The molecule has 4 heteroatoms. The topological polar surface area (TPSA) is 55.1 Å². The molecule has 0 bridgehead atoms. The second-order valence-corrected chi connectivity index (χ2v) is 6.48. The number of carbonyl (C=O) groups excluding carboxylic acids is 1. The first-order chi connectivity index (χ1) is 8.86. The maximum Gasteiger partial charge on any atom is 0.230 e. The summed E-state index contributed by atoms with van der Waals surface area (Å²) in [6.45, 7) is 9.17. The molecule has 0 aliphatic heterocycles. The number of nitrogens with two attached hydrogens (primary N) is 1. The van der Waals surface area contributed by atoms with Gasteiger partial charge in [0.25, 0.3) is 0 Å². The van der Waals surface area contributed by atoms with E-state index < -0.39 is 0 Å². The number of amides is 1. The van der Waals surface area contributed by atoms with Gasteiger partial charge in [-0.2, -0.15) is 0 Å². The summed E-state index contributed by atoms with van der Waals surface area (Å²) >= 11 is 4.95. The summed E-state index contributed by atoms with van der Waals surface area (Å²) in [5, 5.41) is 2.94. The SMILES string of the molecule is CC(C)CCCCCCNC(=O)C(C(N)=S)C(C)C. The number of carbonyl (C=O) groups is 1. The summed E-state index contributed by atoms with van der Waals surface area (Å²) in [7, 11) is 0.